The molecule has 3 nitrogen and oxygen atoms in total. The highest BCUT2D eigenvalue weighted by molar-refractivity contribution is 6.33. The van der Waals surface area contributed by atoms with Crippen LogP contribution < -0.4 is 5.32 Å². The maximum atomic E-state index is 11.6. The van der Waals surface area contributed by atoms with Gasteiger partial charge in [-0.1, -0.05) is 17.7 Å². The molecule has 0 aromatic heterocycles. The maximum absolute atomic E-state index is 11.6. The smallest absolute Gasteiger partial charge is 0.321 e. The summed E-state index contributed by atoms with van der Waals surface area (Å²) in [5, 5.41) is 3.31. The fourth-order valence-corrected chi connectivity index (χ4v) is 1.25. The second kappa shape index (κ2) is 5.03. The second-order valence-corrected chi connectivity index (χ2v) is 3.83. The number of carbonyl (C=O) groups is 1. The van der Waals surface area contributed by atoms with E-state index in [1.807, 2.05) is 26.0 Å². The van der Waals surface area contributed by atoms with E-state index in [2.05, 4.69) is 5.32 Å². The van der Waals surface area contributed by atoms with Crippen LogP contribution in [0, 0.1) is 6.92 Å². The first-order valence-electron chi connectivity index (χ1n) is 4.83. The van der Waals surface area contributed by atoms with Gasteiger partial charge in [-0.25, -0.2) is 4.79 Å². The van der Waals surface area contributed by atoms with Crippen LogP contribution in [0.15, 0.2) is 18.2 Å². The zero-order valence-electron chi connectivity index (χ0n) is 9.17. The molecule has 2 amide bonds. The summed E-state index contributed by atoms with van der Waals surface area (Å²) in [4.78, 5) is 13.1. The standard InChI is InChI=1S/C11H15ClN2O/c1-4-14(3)11(15)13-10-7-8(2)5-6-9(10)12/h5-7H,4H2,1-3H3,(H,13,15). The molecule has 0 radical (unpaired) electrons. The average Bonchev–Trinajstić information content (AvgIpc) is 2.22. The lowest BCUT2D eigenvalue weighted by molar-refractivity contribution is 0.224. The molecule has 0 bridgehead atoms. The Hall–Kier alpha value is -1.22. The summed E-state index contributed by atoms with van der Waals surface area (Å²) in [6, 6.07) is 5.38. The Morgan fingerprint density at radius 2 is 2.20 bits per heavy atom. The molecule has 1 aromatic rings. The van der Waals surface area contributed by atoms with Crippen LogP contribution in [0.1, 0.15) is 12.5 Å². The van der Waals surface area contributed by atoms with E-state index >= 15 is 0 Å². The van der Waals surface area contributed by atoms with Crippen molar-refractivity contribution in [2.75, 3.05) is 18.9 Å². The Morgan fingerprint density at radius 3 is 2.80 bits per heavy atom. The quantitative estimate of drug-likeness (QED) is 0.826. The van der Waals surface area contributed by atoms with Crippen molar-refractivity contribution in [1.82, 2.24) is 4.90 Å². The zero-order chi connectivity index (χ0) is 11.4. The zero-order valence-corrected chi connectivity index (χ0v) is 9.93. The van der Waals surface area contributed by atoms with Gasteiger partial charge in [0, 0.05) is 13.6 Å². The van der Waals surface area contributed by atoms with Gasteiger partial charge in [-0.2, -0.15) is 0 Å². The Labute approximate surface area is 95.0 Å². The molecule has 82 valence electrons. The van der Waals surface area contributed by atoms with Gasteiger partial charge in [-0.05, 0) is 31.5 Å². The average molecular weight is 227 g/mol. The fraction of sp³-hybridized carbons (Fsp3) is 0.364. The molecular weight excluding hydrogens is 212 g/mol. The number of hydrogen-bond donors (Lipinski definition) is 1. The molecule has 15 heavy (non-hydrogen) atoms. The summed E-state index contributed by atoms with van der Waals surface area (Å²) in [5.41, 5.74) is 1.72. The molecule has 4 heteroatoms. The third kappa shape index (κ3) is 3.13. The van der Waals surface area contributed by atoms with Gasteiger partial charge in [0.2, 0.25) is 0 Å². The van der Waals surface area contributed by atoms with Gasteiger partial charge < -0.3 is 10.2 Å². The number of rotatable bonds is 2. The van der Waals surface area contributed by atoms with Crippen LogP contribution in [-0.4, -0.2) is 24.5 Å². The molecule has 0 fully saturated rings. The van der Waals surface area contributed by atoms with Crippen molar-refractivity contribution in [2.24, 2.45) is 0 Å². The van der Waals surface area contributed by atoms with Crippen LogP contribution >= 0.6 is 11.6 Å². The minimum atomic E-state index is -0.148. The van der Waals surface area contributed by atoms with Gasteiger partial charge >= 0.3 is 6.03 Å². The lowest BCUT2D eigenvalue weighted by atomic mass is 10.2. The van der Waals surface area contributed by atoms with Crippen molar-refractivity contribution in [2.45, 2.75) is 13.8 Å². The molecular formula is C11H15ClN2O. The van der Waals surface area contributed by atoms with Gasteiger partial charge in [0.15, 0.2) is 0 Å². The minimum Gasteiger partial charge on any atom is -0.328 e. The van der Waals surface area contributed by atoms with Crippen molar-refractivity contribution >= 4 is 23.3 Å². The van der Waals surface area contributed by atoms with Crippen LogP contribution in [0.2, 0.25) is 5.02 Å². The summed E-state index contributed by atoms with van der Waals surface area (Å²) in [6.07, 6.45) is 0. The van der Waals surface area contributed by atoms with E-state index < -0.39 is 0 Å². The predicted molar refractivity (Wildman–Crippen MR) is 63.5 cm³/mol. The molecule has 0 spiro atoms. The summed E-state index contributed by atoms with van der Waals surface area (Å²) < 4.78 is 0. The SMILES string of the molecule is CCN(C)C(=O)Nc1cc(C)ccc1Cl. The highest BCUT2D eigenvalue weighted by atomic mass is 35.5. The van der Waals surface area contributed by atoms with Gasteiger partial charge in [0.25, 0.3) is 0 Å². The van der Waals surface area contributed by atoms with Gasteiger partial charge in [-0.15, -0.1) is 0 Å². The highest BCUT2D eigenvalue weighted by Crippen LogP contribution is 2.22. The van der Waals surface area contributed by atoms with Gasteiger partial charge in [0.05, 0.1) is 10.7 Å². The Morgan fingerprint density at radius 1 is 1.53 bits per heavy atom. The second-order valence-electron chi connectivity index (χ2n) is 3.43. The van der Waals surface area contributed by atoms with Crippen molar-refractivity contribution in [3.63, 3.8) is 0 Å². The molecule has 0 aliphatic rings. The molecule has 0 aliphatic heterocycles. The third-order valence-electron chi connectivity index (χ3n) is 2.18. The third-order valence-corrected chi connectivity index (χ3v) is 2.51. The molecule has 0 unspecified atom stereocenters. The molecule has 0 aliphatic carbocycles. The lowest BCUT2D eigenvalue weighted by Crippen LogP contribution is -2.31. The number of aryl methyl sites for hydroxylation is 1. The normalized spacial score (nSPS) is 9.87. The van der Waals surface area contributed by atoms with E-state index in [0.29, 0.717) is 17.3 Å². The first kappa shape index (κ1) is 11.9. The molecule has 1 aromatic carbocycles. The summed E-state index contributed by atoms with van der Waals surface area (Å²) in [5.74, 6) is 0. The maximum Gasteiger partial charge on any atom is 0.321 e. The monoisotopic (exact) mass is 226 g/mol. The first-order chi connectivity index (χ1) is 7.04. The number of nitrogens with one attached hydrogen (secondary N) is 1. The summed E-state index contributed by atoms with van der Waals surface area (Å²) in [7, 11) is 1.74. The number of halogens is 1. The van der Waals surface area contributed by atoms with Gasteiger partial charge in [0.1, 0.15) is 0 Å². The van der Waals surface area contributed by atoms with Crippen LogP contribution in [0.5, 0.6) is 0 Å². The van der Waals surface area contributed by atoms with E-state index in [9.17, 15) is 4.79 Å². The van der Waals surface area contributed by atoms with Crippen LogP contribution in [0.4, 0.5) is 10.5 Å². The topological polar surface area (TPSA) is 32.3 Å². The lowest BCUT2D eigenvalue weighted by Gasteiger charge is -2.16. The van der Waals surface area contributed by atoms with E-state index in [-0.39, 0.29) is 6.03 Å². The molecule has 0 saturated heterocycles. The Bertz CT molecular complexity index is 366. The molecule has 0 heterocycles. The fourth-order valence-electron chi connectivity index (χ4n) is 1.09. The van der Waals surface area contributed by atoms with E-state index in [4.69, 9.17) is 11.6 Å². The van der Waals surface area contributed by atoms with Crippen LogP contribution in [0.25, 0.3) is 0 Å². The molecule has 1 rings (SSSR count). The van der Waals surface area contributed by atoms with Gasteiger partial charge in [-0.3, -0.25) is 0 Å². The van der Waals surface area contributed by atoms with Crippen LogP contribution in [0.3, 0.4) is 0 Å². The number of carbonyl (C=O) groups excluding carboxylic acids is 1. The predicted octanol–water partition coefficient (Wildman–Crippen LogP) is 3.13. The van der Waals surface area contributed by atoms with Crippen molar-refractivity contribution in [3.8, 4) is 0 Å². The molecule has 0 atom stereocenters. The van der Waals surface area contributed by atoms with Crippen molar-refractivity contribution in [3.05, 3.63) is 28.8 Å². The Kier molecular flexibility index (Phi) is 3.97. The number of amides is 2. The van der Waals surface area contributed by atoms with Crippen molar-refractivity contribution in [1.29, 1.82) is 0 Å². The molecule has 0 saturated carbocycles. The van der Waals surface area contributed by atoms with E-state index in [0.717, 1.165) is 5.56 Å². The number of hydrogen-bond acceptors (Lipinski definition) is 1. The van der Waals surface area contributed by atoms with Crippen LogP contribution in [-0.2, 0) is 0 Å². The highest BCUT2D eigenvalue weighted by Gasteiger charge is 2.08. The largest absolute Gasteiger partial charge is 0.328 e. The van der Waals surface area contributed by atoms with E-state index in [1.165, 1.54) is 0 Å². The summed E-state index contributed by atoms with van der Waals surface area (Å²) in [6.45, 7) is 4.53. The number of benzene rings is 1. The first-order valence-corrected chi connectivity index (χ1v) is 5.20. The minimum absolute atomic E-state index is 0.148. The Balaban J connectivity index is 2.80. The summed E-state index contributed by atoms with van der Waals surface area (Å²) >= 11 is 5.95. The van der Waals surface area contributed by atoms with Crippen molar-refractivity contribution < 1.29 is 4.79 Å². The number of urea groups is 1. The van der Waals surface area contributed by atoms with E-state index in [1.54, 1.807) is 18.0 Å². The molecule has 1 N–H and O–H groups in total. The number of nitrogens with zero attached hydrogens (tertiary/aromatic N) is 1. The number of anilines is 1.